The van der Waals surface area contributed by atoms with E-state index in [1.54, 1.807) is 11.0 Å². The molecule has 140 valence electrons. The number of benzene rings is 1. The molecule has 0 saturated heterocycles. The van der Waals surface area contributed by atoms with Gasteiger partial charge in [0.1, 0.15) is 12.7 Å². The van der Waals surface area contributed by atoms with Crippen molar-refractivity contribution < 1.29 is 14.3 Å². The number of carbonyl (C=O) groups is 1. The Hall–Kier alpha value is -2.57. The van der Waals surface area contributed by atoms with E-state index in [0.29, 0.717) is 19.8 Å². The summed E-state index contributed by atoms with van der Waals surface area (Å²) in [5.41, 5.74) is 1.02. The molecular formula is C19H26N4O3. The van der Waals surface area contributed by atoms with Crippen molar-refractivity contribution in [2.24, 2.45) is 11.8 Å². The minimum atomic E-state index is -0.210. The third kappa shape index (κ3) is 4.33. The minimum absolute atomic E-state index is 0.00805. The van der Waals surface area contributed by atoms with Crippen LogP contribution in [0.3, 0.4) is 0 Å². The summed E-state index contributed by atoms with van der Waals surface area (Å²) in [5.74, 6) is 1.53. The smallest absolute Gasteiger partial charge is 0.225 e. The zero-order valence-corrected chi connectivity index (χ0v) is 15.5. The number of hydrogen-bond donors (Lipinski definition) is 1. The molecule has 0 saturated carbocycles. The van der Waals surface area contributed by atoms with Gasteiger partial charge >= 0.3 is 0 Å². The van der Waals surface area contributed by atoms with Crippen LogP contribution < -0.4 is 14.8 Å². The summed E-state index contributed by atoms with van der Waals surface area (Å²) in [4.78, 5) is 16.6. The van der Waals surface area contributed by atoms with Crippen LogP contribution in [0.1, 0.15) is 38.8 Å². The van der Waals surface area contributed by atoms with Gasteiger partial charge in [0.25, 0.3) is 0 Å². The summed E-state index contributed by atoms with van der Waals surface area (Å²) in [6, 6.07) is 5.81. The van der Waals surface area contributed by atoms with Gasteiger partial charge in [-0.2, -0.15) is 5.10 Å². The maximum atomic E-state index is 12.7. The summed E-state index contributed by atoms with van der Waals surface area (Å²) in [6.45, 7) is 7.88. The highest BCUT2D eigenvalue weighted by Crippen LogP contribution is 2.34. The number of hydrogen-bond acceptors (Lipinski definition) is 5. The summed E-state index contributed by atoms with van der Waals surface area (Å²) in [5, 5.41) is 7.23. The summed E-state index contributed by atoms with van der Waals surface area (Å²) in [7, 11) is 0. The summed E-state index contributed by atoms with van der Waals surface area (Å²) < 4.78 is 13.1. The minimum Gasteiger partial charge on any atom is -0.490 e. The predicted octanol–water partition coefficient (Wildman–Crippen LogP) is 2.59. The molecule has 2 atom stereocenters. The molecule has 1 aromatic heterocycles. The first-order chi connectivity index (χ1) is 12.5. The Morgan fingerprint density at radius 2 is 2.00 bits per heavy atom. The second-order valence-corrected chi connectivity index (χ2v) is 7.01. The fraction of sp³-hybridized carbons (Fsp3) is 0.526. The molecule has 2 heterocycles. The average Bonchev–Trinajstić information content (AvgIpc) is 3.01. The van der Waals surface area contributed by atoms with Crippen LogP contribution in [0, 0.1) is 11.8 Å². The maximum Gasteiger partial charge on any atom is 0.225 e. The van der Waals surface area contributed by atoms with Crippen molar-refractivity contribution in [3.63, 3.8) is 0 Å². The van der Waals surface area contributed by atoms with E-state index in [1.807, 2.05) is 25.1 Å². The van der Waals surface area contributed by atoms with Crippen molar-refractivity contribution in [1.82, 2.24) is 20.1 Å². The van der Waals surface area contributed by atoms with Gasteiger partial charge in [-0.1, -0.05) is 26.8 Å². The Bertz CT molecular complexity index is 730. The van der Waals surface area contributed by atoms with Crippen LogP contribution in [0.15, 0.2) is 30.9 Å². The van der Waals surface area contributed by atoms with E-state index < -0.39 is 0 Å². The van der Waals surface area contributed by atoms with Crippen LogP contribution in [0.4, 0.5) is 0 Å². The van der Waals surface area contributed by atoms with Gasteiger partial charge in [0.15, 0.2) is 11.5 Å². The van der Waals surface area contributed by atoms with Crippen LogP contribution in [0.25, 0.3) is 0 Å². The molecule has 1 amide bonds. The molecule has 0 aliphatic carbocycles. The van der Waals surface area contributed by atoms with Gasteiger partial charge in [-0.15, -0.1) is 0 Å². The molecule has 0 fully saturated rings. The highest BCUT2D eigenvalue weighted by molar-refractivity contribution is 5.78. The van der Waals surface area contributed by atoms with E-state index in [9.17, 15) is 4.79 Å². The predicted molar refractivity (Wildman–Crippen MR) is 97.0 cm³/mol. The van der Waals surface area contributed by atoms with E-state index in [1.165, 1.54) is 6.33 Å². The first-order valence-electron chi connectivity index (χ1n) is 9.07. The standard InChI is InChI=1S/C19H26N4O3/c1-13(2)18(22-19(24)14(3)10-23-12-20-11-21-23)15-5-6-16-17(9-15)26-8-4-7-25-16/h5-6,9,11-14,18H,4,7-8,10H2,1-3H3,(H,22,24)/t14-,18+/m0/s1. The molecular weight excluding hydrogens is 332 g/mol. The molecule has 0 unspecified atom stereocenters. The number of ether oxygens (including phenoxy) is 2. The Morgan fingerprint density at radius 3 is 2.69 bits per heavy atom. The Balaban J connectivity index is 1.72. The molecule has 2 aromatic rings. The number of rotatable bonds is 6. The highest BCUT2D eigenvalue weighted by atomic mass is 16.5. The van der Waals surface area contributed by atoms with Crippen LogP contribution in [0.5, 0.6) is 11.5 Å². The van der Waals surface area contributed by atoms with Crippen molar-refractivity contribution in [3.8, 4) is 11.5 Å². The van der Waals surface area contributed by atoms with Gasteiger partial charge in [-0.05, 0) is 23.6 Å². The Morgan fingerprint density at radius 1 is 1.23 bits per heavy atom. The molecule has 0 bridgehead atoms. The number of aromatic nitrogens is 3. The monoisotopic (exact) mass is 358 g/mol. The van der Waals surface area contributed by atoms with Gasteiger partial charge < -0.3 is 14.8 Å². The van der Waals surface area contributed by atoms with Crippen molar-refractivity contribution in [2.75, 3.05) is 13.2 Å². The zero-order valence-electron chi connectivity index (χ0n) is 15.5. The SMILES string of the molecule is CC(C)[C@@H](NC(=O)[C@@H](C)Cn1cncn1)c1ccc2c(c1)OCCCO2. The topological polar surface area (TPSA) is 78.3 Å². The van der Waals surface area contributed by atoms with Crippen molar-refractivity contribution in [1.29, 1.82) is 0 Å². The molecule has 1 aromatic carbocycles. The maximum absolute atomic E-state index is 12.7. The van der Waals surface area contributed by atoms with Gasteiger partial charge in [-0.3, -0.25) is 9.48 Å². The molecule has 7 nitrogen and oxygen atoms in total. The van der Waals surface area contributed by atoms with Crippen LogP contribution >= 0.6 is 0 Å². The van der Waals surface area contributed by atoms with Crippen LogP contribution in [-0.4, -0.2) is 33.9 Å². The van der Waals surface area contributed by atoms with Gasteiger partial charge in [0.05, 0.1) is 31.7 Å². The molecule has 0 spiro atoms. The van der Waals surface area contributed by atoms with E-state index in [2.05, 4.69) is 29.2 Å². The largest absolute Gasteiger partial charge is 0.490 e. The quantitative estimate of drug-likeness (QED) is 0.859. The lowest BCUT2D eigenvalue weighted by Crippen LogP contribution is -2.36. The highest BCUT2D eigenvalue weighted by Gasteiger charge is 2.23. The van der Waals surface area contributed by atoms with Crippen LogP contribution in [0.2, 0.25) is 0 Å². The van der Waals surface area contributed by atoms with Crippen LogP contribution in [-0.2, 0) is 11.3 Å². The number of nitrogens with zero attached hydrogens (tertiary/aromatic N) is 3. The molecule has 0 radical (unpaired) electrons. The Labute approximate surface area is 153 Å². The summed E-state index contributed by atoms with van der Waals surface area (Å²) in [6.07, 6.45) is 3.96. The fourth-order valence-electron chi connectivity index (χ4n) is 2.99. The summed E-state index contributed by atoms with van der Waals surface area (Å²) >= 11 is 0. The molecule has 1 aliphatic rings. The lowest BCUT2D eigenvalue weighted by Gasteiger charge is -2.25. The second-order valence-electron chi connectivity index (χ2n) is 7.01. The molecule has 7 heteroatoms. The zero-order chi connectivity index (χ0) is 18.5. The molecule has 1 N–H and O–H groups in total. The molecule has 26 heavy (non-hydrogen) atoms. The number of carbonyl (C=O) groups excluding carboxylic acids is 1. The normalized spacial score (nSPS) is 16.0. The van der Waals surface area contributed by atoms with E-state index >= 15 is 0 Å². The van der Waals surface area contributed by atoms with Crippen molar-refractivity contribution in [2.45, 2.75) is 39.8 Å². The van der Waals surface area contributed by atoms with Crippen molar-refractivity contribution >= 4 is 5.91 Å². The number of nitrogens with one attached hydrogen (secondary N) is 1. The molecule has 1 aliphatic heterocycles. The lowest BCUT2D eigenvalue weighted by atomic mass is 9.95. The fourth-order valence-corrected chi connectivity index (χ4v) is 2.99. The van der Waals surface area contributed by atoms with E-state index in [4.69, 9.17) is 9.47 Å². The van der Waals surface area contributed by atoms with Gasteiger partial charge in [0, 0.05) is 6.42 Å². The van der Waals surface area contributed by atoms with E-state index in [0.717, 1.165) is 23.5 Å². The van der Waals surface area contributed by atoms with Crippen molar-refractivity contribution in [3.05, 3.63) is 36.4 Å². The third-order valence-corrected chi connectivity index (χ3v) is 4.47. The number of fused-ring (bicyclic) bond motifs is 1. The van der Waals surface area contributed by atoms with Gasteiger partial charge in [0.2, 0.25) is 5.91 Å². The first kappa shape index (κ1) is 18.2. The molecule has 3 rings (SSSR count). The first-order valence-corrected chi connectivity index (χ1v) is 9.07. The third-order valence-electron chi connectivity index (χ3n) is 4.47. The van der Waals surface area contributed by atoms with E-state index in [-0.39, 0.29) is 23.8 Å². The Kier molecular flexibility index (Phi) is 5.75. The number of amides is 1. The van der Waals surface area contributed by atoms with Gasteiger partial charge in [-0.25, -0.2) is 4.98 Å². The second kappa shape index (κ2) is 8.21. The lowest BCUT2D eigenvalue weighted by molar-refractivity contribution is -0.126. The average molecular weight is 358 g/mol.